The van der Waals surface area contributed by atoms with Gasteiger partial charge in [-0.05, 0) is 52.3 Å². The third-order valence-electron chi connectivity index (χ3n) is 3.97. The summed E-state index contributed by atoms with van der Waals surface area (Å²) in [7, 11) is 0. The quantitative estimate of drug-likeness (QED) is 0.646. The average molecular weight is 377 g/mol. The number of amides is 1. The Kier molecular flexibility index (Phi) is 6.93. The highest BCUT2D eigenvalue weighted by Gasteiger charge is 2.26. The molecule has 0 unspecified atom stereocenters. The Hall–Kier alpha value is -2.44. The molecule has 27 heavy (non-hydrogen) atoms. The van der Waals surface area contributed by atoms with Crippen LogP contribution >= 0.6 is 0 Å². The predicted octanol–water partition coefficient (Wildman–Crippen LogP) is 2.84. The second-order valence-electron chi connectivity index (χ2n) is 7.94. The Morgan fingerprint density at radius 1 is 1.11 bits per heavy atom. The lowest BCUT2D eigenvalue weighted by molar-refractivity contribution is 0.0186. The van der Waals surface area contributed by atoms with Crippen LogP contribution in [0.15, 0.2) is 29.3 Å². The van der Waals surface area contributed by atoms with Gasteiger partial charge in [-0.15, -0.1) is 0 Å². The SMILES string of the molecule is CC(C)Oc1ccc(CN=C(N)N2CCN(C(=O)OC(C)(C)C)CC2)cc1. The molecule has 2 rings (SSSR count). The molecule has 0 saturated carbocycles. The molecule has 1 amide bonds. The normalized spacial score (nSPS) is 15.9. The van der Waals surface area contributed by atoms with Gasteiger partial charge in [-0.2, -0.15) is 0 Å². The molecule has 7 heteroatoms. The van der Waals surface area contributed by atoms with Crippen LogP contribution in [0.1, 0.15) is 40.2 Å². The molecule has 0 atom stereocenters. The van der Waals surface area contributed by atoms with E-state index in [2.05, 4.69) is 4.99 Å². The van der Waals surface area contributed by atoms with Crippen molar-refractivity contribution in [2.75, 3.05) is 26.2 Å². The summed E-state index contributed by atoms with van der Waals surface area (Å²) in [6.07, 6.45) is -0.120. The molecule has 0 bridgehead atoms. The first-order valence-electron chi connectivity index (χ1n) is 9.42. The molecule has 1 aromatic carbocycles. The highest BCUT2D eigenvalue weighted by atomic mass is 16.6. The van der Waals surface area contributed by atoms with E-state index in [4.69, 9.17) is 15.2 Å². The first-order valence-corrected chi connectivity index (χ1v) is 9.42. The van der Waals surface area contributed by atoms with Crippen molar-refractivity contribution >= 4 is 12.1 Å². The largest absolute Gasteiger partial charge is 0.491 e. The maximum Gasteiger partial charge on any atom is 0.410 e. The van der Waals surface area contributed by atoms with Gasteiger partial charge in [-0.3, -0.25) is 0 Å². The van der Waals surface area contributed by atoms with Gasteiger partial charge < -0.3 is 25.0 Å². The van der Waals surface area contributed by atoms with Gasteiger partial charge in [0, 0.05) is 26.2 Å². The number of hydrogen-bond donors (Lipinski definition) is 1. The van der Waals surface area contributed by atoms with Gasteiger partial charge in [-0.1, -0.05) is 12.1 Å². The van der Waals surface area contributed by atoms with Gasteiger partial charge in [0.2, 0.25) is 0 Å². The van der Waals surface area contributed by atoms with Crippen molar-refractivity contribution in [2.24, 2.45) is 10.7 Å². The Labute approximate surface area is 162 Å². The van der Waals surface area contributed by atoms with Crippen LogP contribution in [0.4, 0.5) is 4.79 Å². The lowest BCUT2D eigenvalue weighted by Crippen LogP contribution is -2.53. The molecule has 1 aromatic rings. The summed E-state index contributed by atoms with van der Waals surface area (Å²) >= 11 is 0. The minimum atomic E-state index is -0.482. The van der Waals surface area contributed by atoms with Crippen molar-refractivity contribution in [3.63, 3.8) is 0 Å². The Morgan fingerprint density at radius 3 is 2.19 bits per heavy atom. The number of guanidine groups is 1. The summed E-state index contributed by atoms with van der Waals surface area (Å²) < 4.78 is 11.0. The first kappa shape index (κ1) is 20.9. The van der Waals surface area contributed by atoms with Gasteiger partial charge in [-0.25, -0.2) is 9.79 Å². The number of ether oxygens (including phenoxy) is 2. The van der Waals surface area contributed by atoms with Crippen molar-refractivity contribution < 1.29 is 14.3 Å². The smallest absolute Gasteiger partial charge is 0.410 e. The van der Waals surface area contributed by atoms with Crippen molar-refractivity contribution in [3.8, 4) is 5.75 Å². The molecule has 0 aliphatic carbocycles. The molecule has 1 fully saturated rings. The molecule has 0 aromatic heterocycles. The highest BCUT2D eigenvalue weighted by molar-refractivity contribution is 5.78. The van der Waals surface area contributed by atoms with E-state index in [0.717, 1.165) is 11.3 Å². The third-order valence-corrected chi connectivity index (χ3v) is 3.97. The van der Waals surface area contributed by atoms with Crippen LogP contribution in [0.3, 0.4) is 0 Å². The number of hydrogen-bond acceptors (Lipinski definition) is 4. The van der Waals surface area contributed by atoms with Crippen LogP contribution in [-0.2, 0) is 11.3 Å². The number of aliphatic imine (C=N–C) groups is 1. The number of carbonyl (C=O) groups is 1. The highest BCUT2D eigenvalue weighted by Crippen LogP contribution is 2.15. The fraction of sp³-hybridized carbons (Fsp3) is 0.600. The molecular weight excluding hydrogens is 344 g/mol. The van der Waals surface area contributed by atoms with E-state index in [-0.39, 0.29) is 12.2 Å². The molecule has 0 spiro atoms. The molecule has 1 aliphatic rings. The van der Waals surface area contributed by atoms with Crippen LogP contribution in [0.2, 0.25) is 0 Å². The molecule has 0 radical (unpaired) electrons. The zero-order chi connectivity index (χ0) is 20.0. The van der Waals surface area contributed by atoms with Gasteiger partial charge in [0.05, 0.1) is 12.6 Å². The van der Waals surface area contributed by atoms with E-state index in [0.29, 0.717) is 38.7 Å². The van der Waals surface area contributed by atoms with Crippen LogP contribution in [0.5, 0.6) is 5.75 Å². The van der Waals surface area contributed by atoms with Gasteiger partial charge in [0.15, 0.2) is 5.96 Å². The number of rotatable bonds is 4. The zero-order valence-electron chi connectivity index (χ0n) is 17.1. The van der Waals surface area contributed by atoms with Crippen LogP contribution < -0.4 is 10.5 Å². The minimum absolute atomic E-state index is 0.156. The van der Waals surface area contributed by atoms with E-state index in [1.807, 2.05) is 63.8 Å². The molecule has 2 N–H and O–H groups in total. The van der Waals surface area contributed by atoms with E-state index in [1.54, 1.807) is 4.90 Å². The summed E-state index contributed by atoms with van der Waals surface area (Å²) in [5, 5.41) is 0. The Bertz CT molecular complexity index is 642. The van der Waals surface area contributed by atoms with E-state index in [1.165, 1.54) is 0 Å². The van der Waals surface area contributed by atoms with Gasteiger partial charge in [0.25, 0.3) is 0 Å². The van der Waals surface area contributed by atoms with Crippen LogP contribution in [0, 0.1) is 0 Å². The number of nitrogens with two attached hydrogens (primary N) is 1. The van der Waals surface area contributed by atoms with Gasteiger partial charge in [0.1, 0.15) is 11.4 Å². The number of nitrogens with zero attached hydrogens (tertiary/aromatic N) is 3. The van der Waals surface area contributed by atoms with Gasteiger partial charge >= 0.3 is 6.09 Å². The Morgan fingerprint density at radius 2 is 1.67 bits per heavy atom. The van der Waals surface area contributed by atoms with E-state index >= 15 is 0 Å². The first-order chi connectivity index (χ1) is 12.6. The Balaban J connectivity index is 1.82. The summed E-state index contributed by atoms with van der Waals surface area (Å²) in [5.41, 5.74) is 6.72. The molecule has 7 nitrogen and oxygen atoms in total. The van der Waals surface area contributed by atoms with Crippen molar-refractivity contribution in [1.29, 1.82) is 0 Å². The third kappa shape index (κ3) is 7.00. The maximum atomic E-state index is 12.1. The topological polar surface area (TPSA) is 80.4 Å². The average Bonchev–Trinajstić information content (AvgIpc) is 2.59. The molecular formula is C20H32N4O3. The second kappa shape index (κ2) is 8.97. The lowest BCUT2D eigenvalue weighted by atomic mass is 10.2. The summed E-state index contributed by atoms with van der Waals surface area (Å²) in [6, 6.07) is 7.88. The predicted molar refractivity (Wildman–Crippen MR) is 107 cm³/mol. The maximum absolute atomic E-state index is 12.1. The van der Waals surface area contributed by atoms with Crippen molar-refractivity contribution in [1.82, 2.24) is 9.80 Å². The van der Waals surface area contributed by atoms with Crippen molar-refractivity contribution in [2.45, 2.75) is 52.9 Å². The van der Waals surface area contributed by atoms with E-state index in [9.17, 15) is 4.79 Å². The monoisotopic (exact) mass is 376 g/mol. The van der Waals surface area contributed by atoms with E-state index < -0.39 is 5.60 Å². The van der Waals surface area contributed by atoms with Crippen LogP contribution in [-0.4, -0.2) is 59.7 Å². The molecule has 1 heterocycles. The summed E-state index contributed by atoms with van der Waals surface area (Å²) in [5.74, 6) is 1.35. The molecule has 1 saturated heterocycles. The standard InChI is InChI=1S/C20H32N4O3/c1-15(2)26-17-8-6-16(7-9-17)14-22-18(21)23-10-12-24(13-11-23)19(25)27-20(3,4)5/h6-9,15H,10-14H2,1-5H3,(H2,21,22). The van der Waals surface area contributed by atoms with Crippen LogP contribution in [0.25, 0.3) is 0 Å². The lowest BCUT2D eigenvalue weighted by Gasteiger charge is -2.36. The minimum Gasteiger partial charge on any atom is -0.491 e. The summed E-state index contributed by atoms with van der Waals surface area (Å²) in [4.78, 5) is 20.3. The number of piperazine rings is 1. The fourth-order valence-corrected chi connectivity index (χ4v) is 2.66. The number of benzene rings is 1. The zero-order valence-corrected chi connectivity index (χ0v) is 17.1. The molecule has 150 valence electrons. The number of carbonyl (C=O) groups excluding carboxylic acids is 1. The van der Waals surface area contributed by atoms with Crippen molar-refractivity contribution in [3.05, 3.63) is 29.8 Å². The summed E-state index contributed by atoms with van der Waals surface area (Å²) in [6.45, 7) is 12.6. The molecule has 1 aliphatic heterocycles. The fourth-order valence-electron chi connectivity index (χ4n) is 2.66. The second-order valence-corrected chi connectivity index (χ2v) is 7.94.